The molecule has 0 unspecified atom stereocenters. The Morgan fingerprint density at radius 3 is 2.61 bits per heavy atom. The lowest BCUT2D eigenvalue weighted by Crippen LogP contribution is -2.48. The van der Waals surface area contributed by atoms with Crippen LogP contribution in [0, 0.1) is 0 Å². The lowest BCUT2D eigenvalue weighted by Gasteiger charge is -2.45. The zero-order valence-electron chi connectivity index (χ0n) is 20.9. The Bertz CT molecular complexity index is 1430. The maximum Gasteiger partial charge on any atom is 0.435 e. The van der Waals surface area contributed by atoms with Crippen molar-refractivity contribution in [3.8, 4) is 17.2 Å². The number of halogens is 3. The van der Waals surface area contributed by atoms with E-state index in [0.717, 1.165) is 32.1 Å². The van der Waals surface area contributed by atoms with E-state index in [1.807, 2.05) is 0 Å². The van der Waals surface area contributed by atoms with Gasteiger partial charge >= 0.3 is 6.18 Å². The number of benzene rings is 2. The Morgan fingerprint density at radius 2 is 1.84 bits per heavy atom. The van der Waals surface area contributed by atoms with Gasteiger partial charge in [0.1, 0.15) is 0 Å². The predicted molar refractivity (Wildman–Crippen MR) is 133 cm³/mol. The van der Waals surface area contributed by atoms with Crippen LogP contribution in [0.1, 0.15) is 65.5 Å². The van der Waals surface area contributed by atoms with Gasteiger partial charge in [-0.25, -0.2) is 4.68 Å². The molecule has 1 aliphatic carbocycles. The number of alkyl halides is 3. The first-order valence-electron chi connectivity index (χ1n) is 13.0. The standard InChI is InChI=1S/C28H27F3N4O3/c1-33(18-9-11-23-24(14-18)38-15-37-23)27(36)16-4-2-7-20(12-16)35-22-13-19-8-10-21(34(19)17-5-3-6-17)25(22)26(32-35)28(29,30)31/h2,4,7,9,11-12,14,17,19,21H,3,5-6,8,10,13,15H2,1H3/t19-,21+/m0/s1. The van der Waals surface area contributed by atoms with E-state index >= 15 is 0 Å². The highest BCUT2D eigenvalue weighted by atomic mass is 19.4. The molecule has 1 aromatic heterocycles. The fourth-order valence-corrected chi connectivity index (χ4v) is 6.47. The third-order valence-electron chi connectivity index (χ3n) is 8.49. The van der Waals surface area contributed by atoms with Crippen LogP contribution in [0.3, 0.4) is 0 Å². The number of hydrogen-bond donors (Lipinski definition) is 0. The van der Waals surface area contributed by atoms with Crippen LogP contribution < -0.4 is 14.4 Å². The highest BCUT2D eigenvalue weighted by Gasteiger charge is 2.51. The van der Waals surface area contributed by atoms with Crippen molar-refractivity contribution in [1.29, 1.82) is 0 Å². The van der Waals surface area contributed by atoms with E-state index in [9.17, 15) is 18.0 Å². The average molecular weight is 525 g/mol. The Kier molecular flexibility index (Phi) is 5.27. The molecule has 38 heavy (non-hydrogen) atoms. The highest BCUT2D eigenvalue weighted by molar-refractivity contribution is 6.06. The van der Waals surface area contributed by atoms with Gasteiger partial charge < -0.3 is 14.4 Å². The number of ether oxygens (including phenoxy) is 2. The van der Waals surface area contributed by atoms with Crippen molar-refractivity contribution >= 4 is 11.6 Å². The van der Waals surface area contributed by atoms with E-state index in [1.54, 1.807) is 49.5 Å². The minimum atomic E-state index is -4.55. The van der Waals surface area contributed by atoms with Gasteiger partial charge in [0, 0.05) is 54.5 Å². The monoisotopic (exact) mass is 524 g/mol. The van der Waals surface area contributed by atoms with Crippen LogP contribution in [0.15, 0.2) is 42.5 Å². The molecule has 2 fully saturated rings. The quantitative estimate of drug-likeness (QED) is 0.451. The van der Waals surface area contributed by atoms with Crippen molar-refractivity contribution in [2.24, 2.45) is 0 Å². The van der Waals surface area contributed by atoms with Crippen LogP contribution >= 0.6 is 0 Å². The molecule has 0 spiro atoms. The van der Waals surface area contributed by atoms with Gasteiger partial charge in [0.05, 0.1) is 11.4 Å². The first-order chi connectivity index (χ1) is 18.3. The van der Waals surface area contributed by atoms with Crippen LogP contribution in [-0.2, 0) is 12.6 Å². The largest absolute Gasteiger partial charge is 0.454 e. The van der Waals surface area contributed by atoms with E-state index in [1.165, 1.54) is 9.58 Å². The zero-order valence-corrected chi connectivity index (χ0v) is 20.9. The number of carbonyl (C=O) groups excluding carboxylic acids is 1. The minimum absolute atomic E-state index is 0.132. The van der Waals surface area contributed by atoms with Crippen molar-refractivity contribution in [2.75, 3.05) is 18.7 Å². The predicted octanol–water partition coefficient (Wildman–Crippen LogP) is 5.51. The second-order valence-corrected chi connectivity index (χ2v) is 10.6. The normalized spacial score (nSPS) is 22.3. The lowest BCUT2D eigenvalue weighted by atomic mass is 9.86. The molecule has 10 heteroatoms. The first-order valence-corrected chi connectivity index (χ1v) is 13.0. The summed E-state index contributed by atoms with van der Waals surface area (Å²) in [7, 11) is 1.65. The minimum Gasteiger partial charge on any atom is -0.454 e. The summed E-state index contributed by atoms with van der Waals surface area (Å²) >= 11 is 0. The summed E-state index contributed by atoms with van der Waals surface area (Å²) in [6.45, 7) is 0.132. The molecule has 1 saturated heterocycles. The molecule has 4 aliphatic rings. The first kappa shape index (κ1) is 23.6. The van der Waals surface area contributed by atoms with E-state index in [4.69, 9.17) is 9.47 Å². The summed E-state index contributed by atoms with van der Waals surface area (Å²) in [5.74, 6) is 0.883. The van der Waals surface area contributed by atoms with Gasteiger partial charge in [-0.05, 0) is 56.0 Å². The molecule has 1 saturated carbocycles. The fourth-order valence-electron chi connectivity index (χ4n) is 6.47. The number of rotatable bonds is 4. The Morgan fingerprint density at radius 1 is 1.03 bits per heavy atom. The topological polar surface area (TPSA) is 59.8 Å². The molecule has 3 aromatic rings. The van der Waals surface area contributed by atoms with Crippen molar-refractivity contribution in [3.63, 3.8) is 0 Å². The molecule has 2 atom stereocenters. The van der Waals surface area contributed by atoms with Crippen LogP contribution in [0.25, 0.3) is 5.69 Å². The maximum absolute atomic E-state index is 14.3. The molecule has 0 radical (unpaired) electrons. The number of amides is 1. The van der Waals surface area contributed by atoms with E-state index in [0.29, 0.717) is 52.2 Å². The van der Waals surface area contributed by atoms with Gasteiger partial charge in [-0.15, -0.1) is 0 Å². The Balaban J connectivity index is 1.25. The molecule has 7 rings (SSSR count). The summed E-state index contributed by atoms with van der Waals surface area (Å²) in [6.07, 6.45) is 0.843. The number of hydrogen-bond acceptors (Lipinski definition) is 5. The van der Waals surface area contributed by atoms with Crippen molar-refractivity contribution in [2.45, 2.75) is 62.8 Å². The Hall–Kier alpha value is -3.53. The van der Waals surface area contributed by atoms with Crippen molar-refractivity contribution in [3.05, 3.63) is 65.0 Å². The SMILES string of the molecule is CN(C(=O)c1cccc(-n2nc(C(F)(F)F)c3c2C[C@@H]2CC[C@H]3N2C2CCC2)c1)c1ccc2c(c1)OCO2. The van der Waals surface area contributed by atoms with Crippen LogP contribution in [-0.4, -0.2) is 46.5 Å². The molecule has 4 heterocycles. The molecule has 1 amide bonds. The molecular formula is C28H27F3N4O3. The summed E-state index contributed by atoms with van der Waals surface area (Å²) in [6, 6.07) is 12.3. The number of aromatic nitrogens is 2. The van der Waals surface area contributed by atoms with Crippen molar-refractivity contribution in [1.82, 2.24) is 14.7 Å². The van der Waals surface area contributed by atoms with Crippen LogP contribution in [0.2, 0.25) is 0 Å². The average Bonchev–Trinajstić information content (AvgIpc) is 3.57. The molecule has 2 bridgehead atoms. The van der Waals surface area contributed by atoms with Gasteiger partial charge in [-0.2, -0.15) is 18.3 Å². The number of carbonyl (C=O) groups is 1. The molecule has 7 nitrogen and oxygen atoms in total. The van der Waals surface area contributed by atoms with Crippen molar-refractivity contribution < 1.29 is 27.4 Å². The van der Waals surface area contributed by atoms with E-state index < -0.39 is 11.9 Å². The van der Waals surface area contributed by atoms with Gasteiger partial charge in [-0.1, -0.05) is 12.5 Å². The summed E-state index contributed by atoms with van der Waals surface area (Å²) < 4.78 is 55.0. The number of anilines is 1. The molecular weight excluding hydrogens is 497 g/mol. The molecule has 2 aromatic carbocycles. The van der Waals surface area contributed by atoms with Gasteiger partial charge in [-0.3, -0.25) is 9.69 Å². The zero-order chi connectivity index (χ0) is 26.2. The smallest absolute Gasteiger partial charge is 0.435 e. The van der Waals surface area contributed by atoms with E-state index in [-0.39, 0.29) is 24.8 Å². The van der Waals surface area contributed by atoms with Crippen LogP contribution in [0.4, 0.5) is 18.9 Å². The van der Waals surface area contributed by atoms with Gasteiger partial charge in [0.2, 0.25) is 6.79 Å². The molecule has 3 aliphatic heterocycles. The summed E-state index contributed by atoms with van der Waals surface area (Å²) in [5, 5.41) is 4.14. The Labute approximate surface area is 217 Å². The third-order valence-corrected chi connectivity index (χ3v) is 8.49. The number of fused-ring (bicyclic) bond motifs is 5. The maximum atomic E-state index is 14.3. The second-order valence-electron chi connectivity index (χ2n) is 10.6. The number of nitrogens with zero attached hydrogens (tertiary/aromatic N) is 4. The van der Waals surface area contributed by atoms with Gasteiger partial charge in [0.15, 0.2) is 17.2 Å². The lowest BCUT2D eigenvalue weighted by molar-refractivity contribution is -0.142. The summed E-state index contributed by atoms with van der Waals surface area (Å²) in [4.78, 5) is 17.2. The summed E-state index contributed by atoms with van der Waals surface area (Å²) in [5.41, 5.74) is 1.58. The second kappa shape index (κ2) is 8.49. The molecule has 0 N–H and O–H groups in total. The van der Waals surface area contributed by atoms with Crippen LogP contribution in [0.5, 0.6) is 11.5 Å². The molecule has 198 valence electrons. The third kappa shape index (κ3) is 3.60. The fraction of sp³-hybridized carbons (Fsp3) is 0.429. The van der Waals surface area contributed by atoms with E-state index in [2.05, 4.69) is 10.00 Å². The highest BCUT2D eigenvalue weighted by Crippen LogP contribution is 2.51. The van der Waals surface area contributed by atoms with Gasteiger partial charge in [0.25, 0.3) is 5.91 Å².